The van der Waals surface area contributed by atoms with E-state index in [1.54, 1.807) is 0 Å². The van der Waals surface area contributed by atoms with Gasteiger partial charge < -0.3 is 5.32 Å². The fourth-order valence-corrected chi connectivity index (χ4v) is 4.01. The molecule has 2 unspecified atom stereocenters. The lowest BCUT2D eigenvalue weighted by molar-refractivity contribution is 0.387. The first kappa shape index (κ1) is 14.2. The molecule has 1 N–H and O–H groups in total. The monoisotopic (exact) mass is 283 g/mol. The molecule has 0 aliphatic heterocycles. The van der Waals surface area contributed by atoms with Crippen LogP contribution >= 0.6 is 23.4 Å². The van der Waals surface area contributed by atoms with Crippen LogP contribution in [0, 0.1) is 0 Å². The van der Waals surface area contributed by atoms with E-state index in [0.29, 0.717) is 0 Å². The van der Waals surface area contributed by atoms with Gasteiger partial charge in [0.05, 0.1) is 0 Å². The van der Waals surface area contributed by atoms with Crippen molar-refractivity contribution in [3.63, 3.8) is 0 Å². The summed E-state index contributed by atoms with van der Waals surface area (Å²) in [4.78, 5) is 0. The predicted molar refractivity (Wildman–Crippen MR) is 82.5 cm³/mol. The van der Waals surface area contributed by atoms with Crippen molar-refractivity contribution in [2.24, 2.45) is 0 Å². The second-order valence-electron chi connectivity index (χ2n) is 4.98. The van der Waals surface area contributed by atoms with Crippen molar-refractivity contribution in [1.82, 2.24) is 5.32 Å². The standard InChI is InChI=1S/C15H22ClNS/c1-2-17-14-4-3-5-15(10-14)18-11-12-6-8-13(16)9-7-12/h6-9,14-15,17H,2-5,10-11H2,1H3. The molecule has 0 aromatic heterocycles. The summed E-state index contributed by atoms with van der Waals surface area (Å²) in [5.41, 5.74) is 1.38. The summed E-state index contributed by atoms with van der Waals surface area (Å²) in [6.45, 7) is 3.30. The van der Waals surface area contributed by atoms with Crippen molar-refractivity contribution in [2.75, 3.05) is 6.54 Å². The summed E-state index contributed by atoms with van der Waals surface area (Å²) in [7, 11) is 0. The molecular weight excluding hydrogens is 262 g/mol. The number of benzene rings is 1. The van der Waals surface area contributed by atoms with Gasteiger partial charge in [0.15, 0.2) is 0 Å². The van der Waals surface area contributed by atoms with Crippen LogP contribution in [0.5, 0.6) is 0 Å². The first-order valence-corrected chi connectivity index (χ1v) is 8.30. The predicted octanol–water partition coefficient (Wildman–Crippen LogP) is 4.49. The minimum absolute atomic E-state index is 0.742. The van der Waals surface area contributed by atoms with E-state index in [-0.39, 0.29) is 0 Å². The van der Waals surface area contributed by atoms with Crippen LogP contribution in [0.25, 0.3) is 0 Å². The number of thioether (sulfide) groups is 1. The van der Waals surface area contributed by atoms with Crippen molar-refractivity contribution >= 4 is 23.4 Å². The number of hydrogen-bond acceptors (Lipinski definition) is 2. The third-order valence-electron chi connectivity index (χ3n) is 3.52. The van der Waals surface area contributed by atoms with Crippen molar-refractivity contribution in [3.05, 3.63) is 34.9 Å². The lowest BCUT2D eigenvalue weighted by atomic mass is 9.95. The first-order valence-electron chi connectivity index (χ1n) is 6.87. The van der Waals surface area contributed by atoms with Crippen LogP contribution in [0.4, 0.5) is 0 Å². The molecule has 100 valence electrons. The number of halogens is 1. The maximum Gasteiger partial charge on any atom is 0.0406 e. The lowest BCUT2D eigenvalue weighted by Crippen LogP contribution is -2.34. The zero-order valence-corrected chi connectivity index (χ0v) is 12.6. The zero-order chi connectivity index (χ0) is 12.8. The molecule has 0 amide bonds. The maximum absolute atomic E-state index is 5.90. The van der Waals surface area contributed by atoms with Gasteiger partial charge in [0.25, 0.3) is 0 Å². The van der Waals surface area contributed by atoms with Gasteiger partial charge >= 0.3 is 0 Å². The molecule has 1 nitrogen and oxygen atoms in total. The van der Waals surface area contributed by atoms with Crippen LogP contribution in [0.2, 0.25) is 5.02 Å². The van der Waals surface area contributed by atoms with Gasteiger partial charge in [0.1, 0.15) is 0 Å². The van der Waals surface area contributed by atoms with Gasteiger partial charge in [-0.1, -0.05) is 37.1 Å². The topological polar surface area (TPSA) is 12.0 Å². The van der Waals surface area contributed by atoms with Gasteiger partial charge in [-0.05, 0) is 43.5 Å². The Morgan fingerprint density at radius 2 is 2.06 bits per heavy atom. The normalized spacial score (nSPS) is 24.1. The average Bonchev–Trinajstić information content (AvgIpc) is 2.39. The highest BCUT2D eigenvalue weighted by molar-refractivity contribution is 7.99. The van der Waals surface area contributed by atoms with Crippen molar-refractivity contribution in [3.8, 4) is 0 Å². The van der Waals surface area contributed by atoms with Gasteiger partial charge in [-0.3, -0.25) is 0 Å². The quantitative estimate of drug-likeness (QED) is 0.854. The Bertz CT molecular complexity index is 350. The van der Waals surface area contributed by atoms with E-state index in [0.717, 1.165) is 28.6 Å². The number of hydrogen-bond donors (Lipinski definition) is 1. The smallest absolute Gasteiger partial charge is 0.0406 e. The van der Waals surface area contributed by atoms with Crippen LogP contribution in [-0.4, -0.2) is 17.8 Å². The SMILES string of the molecule is CCNC1CCCC(SCc2ccc(Cl)cc2)C1. The molecule has 1 aliphatic carbocycles. The molecule has 0 spiro atoms. The highest BCUT2D eigenvalue weighted by atomic mass is 35.5. The van der Waals surface area contributed by atoms with Gasteiger partial charge in [0, 0.05) is 22.1 Å². The molecule has 2 atom stereocenters. The summed E-state index contributed by atoms with van der Waals surface area (Å²) in [6, 6.07) is 8.99. The number of nitrogens with one attached hydrogen (secondary N) is 1. The minimum Gasteiger partial charge on any atom is -0.314 e. The zero-order valence-electron chi connectivity index (χ0n) is 11.0. The van der Waals surface area contributed by atoms with E-state index in [4.69, 9.17) is 11.6 Å². The Hall–Kier alpha value is -0.180. The molecule has 0 heterocycles. The fourth-order valence-electron chi connectivity index (χ4n) is 2.57. The third kappa shape index (κ3) is 4.49. The molecule has 1 fully saturated rings. The van der Waals surface area contributed by atoms with Gasteiger partial charge in [-0.25, -0.2) is 0 Å². The highest BCUT2D eigenvalue weighted by Gasteiger charge is 2.21. The maximum atomic E-state index is 5.90. The van der Waals surface area contributed by atoms with Gasteiger partial charge in [-0.2, -0.15) is 11.8 Å². The summed E-state index contributed by atoms with van der Waals surface area (Å²) >= 11 is 8.00. The molecule has 1 aromatic carbocycles. The largest absolute Gasteiger partial charge is 0.314 e. The summed E-state index contributed by atoms with van der Waals surface area (Å²) in [5.74, 6) is 1.11. The van der Waals surface area contributed by atoms with E-state index < -0.39 is 0 Å². The molecule has 1 aromatic rings. The van der Waals surface area contributed by atoms with Crippen LogP contribution in [-0.2, 0) is 5.75 Å². The molecule has 1 aliphatic rings. The third-order valence-corrected chi connectivity index (χ3v) is 5.17. The van der Waals surface area contributed by atoms with Gasteiger partial charge in [0.2, 0.25) is 0 Å². The molecule has 3 heteroatoms. The van der Waals surface area contributed by atoms with Gasteiger partial charge in [-0.15, -0.1) is 0 Å². The molecular formula is C15H22ClNS. The second kappa shape index (κ2) is 7.42. The molecule has 0 saturated heterocycles. The van der Waals surface area contributed by atoms with E-state index >= 15 is 0 Å². The van der Waals surface area contributed by atoms with Crippen LogP contribution < -0.4 is 5.32 Å². The molecule has 0 radical (unpaired) electrons. The Morgan fingerprint density at radius 1 is 1.28 bits per heavy atom. The molecule has 1 saturated carbocycles. The summed E-state index contributed by atoms with van der Waals surface area (Å²) < 4.78 is 0. The van der Waals surface area contributed by atoms with Crippen molar-refractivity contribution in [2.45, 2.75) is 49.7 Å². The van der Waals surface area contributed by atoms with Crippen LogP contribution in [0.3, 0.4) is 0 Å². The molecule has 18 heavy (non-hydrogen) atoms. The second-order valence-corrected chi connectivity index (χ2v) is 6.71. The summed E-state index contributed by atoms with van der Waals surface area (Å²) in [6.07, 6.45) is 5.42. The Kier molecular flexibility index (Phi) is 5.87. The van der Waals surface area contributed by atoms with Crippen molar-refractivity contribution < 1.29 is 0 Å². The van der Waals surface area contributed by atoms with Crippen molar-refractivity contribution in [1.29, 1.82) is 0 Å². The van der Waals surface area contributed by atoms with E-state index in [1.807, 2.05) is 12.1 Å². The fraction of sp³-hybridized carbons (Fsp3) is 0.600. The Balaban J connectivity index is 1.77. The van der Waals surface area contributed by atoms with Crippen LogP contribution in [0.15, 0.2) is 24.3 Å². The average molecular weight is 284 g/mol. The van der Waals surface area contributed by atoms with E-state index in [9.17, 15) is 0 Å². The van der Waals surface area contributed by atoms with Crippen LogP contribution in [0.1, 0.15) is 38.2 Å². The highest BCUT2D eigenvalue weighted by Crippen LogP contribution is 2.31. The Labute approximate surface area is 120 Å². The summed E-state index contributed by atoms with van der Waals surface area (Å²) in [5, 5.41) is 5.23. The Morgan fingerprint density at radius 3 is 2.78 bits per heavy atom. The minimum atomic E-state index is 0.742. The number of rotatable bonds is 5. The molecule has 2 rings (SSSR count). The first-order chi connectivity index (χ1) is 8.78. The lowest BCUT2D eigenvalue weighted by Gasteiger charge is -2.29. The van der Waals surface area contributed by atoms with E-state index in [2.05, 4.69) is 36.1 Å². The van der Waals surface area contributed by atoms with E-state index in [1.165, 1.54) is 31.2 Å². The molecule has 0 bridgehead atoms.